The summed E-state index contributed by atoms with van der Waals surface area (Å²) in [5, 5.41) is 15.0. The largest absolute Gasteiger partial charge is 0.484 e. The highest BCUT2D eigenvalue weighted by molar-refractivity contribution is 6.30. The van der Waals surface area contributed by atoms with E-state index in [4.69, 9.17) is 21.1 Å². The average Bonchev–Trinajstić information content (AvgIpc) is 2.75. The fraction of sp³-hybridized carbons (Fsp3) is 0.333. The number of carbonyl (C=O) groups is 1. The molecule has 1 aliphatic rings. The highest BCUT2D eigenvalue weighted by Crippen LogP contribution is 2.42. The standard InChI is InChI=1S/C24H25ClN2O5/c1-4-31-23(30)26-19-18-20(32-24(2,3)21(19)28)16-7-5-6-8-17(16)27(22(18)29)13-14-9-11-15(25)12-10-14/h5-12,19,21,28H,4,13H2,1-3H3,(H,26,30). The zero-order valence-electron chi connectivity index (χ0n) is 18.1. The summed E-state index contributed by atoms with van der Waals surface area (Å²) in [6.07, 6.45) is -1.88. The van der Waals surface area contributed by atoms with Gasteiger partial charge in [-0.25, -0.2) is 4.79 Å². The van der Waals surface area contributed by atoms with Crippen LogP contribution < -0.4 is 15.6 Å². The van der Waals surface area contributed by atoms with Gasteiger partial charge in [-0.2, -0.15) is 0 Å². The number of benzene rings is 2. The van der Waals surface area contributed by atoms with Crippen LogP contribution in [-0.4, -0.2) is 34.1 Å². The number of fused-ring (bicyclic) bond motifs is 3. The van der Waals surface area contributed by atoms with Gasteiger partial charge in [0.2, 0.25) is 0 Å². The molecule has 7 nitrogen and oxygen atoms in total. The number of pyridine rings is 1. The summed E-state index contributed by atoms with van der Waals surface area (Å²) in [6.45, 7) is 5.57. The first-order valence-corrected chi connectivity index (χ1v) is 10.8. The first kappa shape index (κ1) is 22.2. The summed E-state index contributed by atoms with van der Waals surface area (Å²) in [5.41, 5.74) is 0.360. The molecule has 32 heavy (non-hydrogen) atoms. The van der Waals surface area contributed by atoms with Crippen molar-refractivity contribution in [2.24, 2.45) is 0 Å². The van der Waals surface area contributed by atoms with Crippen molar-refractivity contribution in [3.8, 4) is 5.75 Å². The summed E-state index contributed by atoms with van der Waals surface area (Å²) in [6, 6.07) is 13.7. The van der Waals surface area contributed by atoms with Crippen molar-refractivity contribution in [3.63, 3.8) is 0 Å². The van der Waals surface area contributed by atoms with Crippen LogP contribution in [0.5, 0.6) is 5.75 Å². The normalized spacial score (nSPS) is 19.2. The van der Waals surface area contributed by atoms with Crippen LogP contribution >= 0.6 is 11.6 Å². The van der Waals surface area contributed by atoms with Gasteiger partial charge in [-0.3, -0.25) is 4.79 Å². The average molecular weight is 457 g/mol. The van der Waals surface area contributed by atoms with Gasteiger partial charge in [-0.15, -0.1) is 0 Å². The van der Waals surface area contributed by atoms with Crippen LogP contribution in [0.15, 0.2) is 53.3 Å². The Kier molecular flexibility index (Phi) is 5.88. The molecule has 2 atom stereocenters. The van der Waals surface area contributed by atoms with Crippen molar-refractivity contribution in [2.75, 3.05) is 6.61 Å². The van der Waals surface area contributed by atoms with Gasteiger partial charge in [0.05, 0.1) is 30.3 Å². The van der Waals surface area contributed by atoms with Crippen LogP contribution in [0.3, 0.4) is 0 Å². The van der Waals surface area contributed by atoms with Crippen molar-refractivity contribution in [2.45, 2.75) is 45.1 Å². The van der Waals surface area contributed by atoms with E-state index in [9.17, 15) is 14.7 Å². The number of alkyl carbamates (subject to hydrolysis) is 1. The third-order valence-electron chi connectivity index (χ3n) is 5.67. The van der Waals surface area contributed by atoms with Crippen LogP contribution in [0.25, 0.3) is 10.9 Å². The van der Waals surface area contributed by atoms with E-state index < -0.39 is 23.8 Å². The number of rotatable bonds is 4. The van der Waals surface area contributed by atoms with Gasteiger partial charge >= 0.3 is 6.09 Å². The van der Waals surface area contributed by atoms with Crippen LogP contribution in [0, 0.1) is 0 Å². The lowest BCUT2D eigenvalue weighted by Crippen LogP contribution is -2.55. The number of carbonyl (C=O) groups excluding carboxylic acids is 1. The lowest BCUT2D eigenvalue weighted by Gasteiger charge is -2.42. The molecule has 0 saturated heterocycles. The van der Waals surface area contributed by atoms with Gasteiger partial charge in [0.25, 0.3) is 5.56 Å². The minimum atomic E-state index is -1.17. The van der Waals surface area contributed by atoms with Crippen LogP contribution in [0.4, 0.5) is 4.79 Å². The monoisotopic (exact) mass is 456 g/mol. The quantitative estimate of drug-likeness (QED) is 0.618. The predicted molar refractivity (Wildman–Crippen MR) is 122 cm³/mol. The molecule has 0 aliphatic carbocycles. The molecule has 2 aromatic carbocycles. The molecule has 168 valence electrons. The second-order valence-electron chi connectivity index (χ2n) is 8.27. The minimum Gasteiger partial charge on any atom is -0.484 e. The molecule has 0 bridgehead atoms. The number of para-hydroxylation sites is 1. The SMILES string of the molecule is CCOC(=O)NC1c2c(c3ccccc3n(Cc3ccc(Cl)cc3)c2=O)OC(C)(C)C1O. The van der Waals surface area contributed by atoms with E-state index in [1.807, 2.05) is 36.4 Å². The van der Waals surface area contributed by atoms with E-state index in [1.165, 1.54) is 0 Å². The van der Waals surface area contributed by atoms with Gasteiger partial charge in [0.1, 0.15) is 17.5 Å². The smallest absolute Gasteiger partial charge is 0.407 e. The molecule has 1 amide bonds. The van der Waals surface area contributed by atoms with Gasteiger partial charge in [0, 0.05) is 10.4 Å². The van der Waals surface area contributed by atoms with E-state index in [0.29, 0.717) is 21.7 Å². The van der Waals surface area contributed by atoms with Crippen molar-refractivity contribution in [1.82, 2.24) is 9.88 Å². The molecule has 3 aromatic rings. The van der Waals surface area contributed by atoms with E-state index in [-0.39, 0.29) is 24.3 Å². The zero-order chi connectivity index (χ0) is 23.0. The molecule has 0 saturated carbocycles. The second kappa shape index (κ2) is 8.48. The molecule has 4 rings (SSSR count). The number of amides is 1. The fourth-order valence-electron chi connectivity index (χ4n) is 4.05. The molecule has 0 spiro atoms. The van der Waals surface area contributed by atoms with Crippen LogP contribution in [0.1, 0.15) is 37.9 Å². The van der Waals surface area contributed by atoms with Crippen LogP contribution in [-0.2, 0) is 11.3 Å². The molecule has 1 aliphatic heterocycles. The summed E-state index contributed by atoms with van der Waals surface area (Å²) >= 11 is 6.01. The Morgan fingerprint density at radius 1 is 1.22 bits per heavy atom. The number of aromatic nitrogens is 1. The third kappa shape index (κ3) is 3.94. The Morgan fingerprint density at radius 3 is 2.59 bits per heavy atom. The molecule has 2 heterocycles. The predicted octanol–water partition coefficient (Wildman–Crippen LogP) is 4.02. The van der Waals surface area contributed by atoms with Gasteiger partial charge < -0.3 is 24.5 Å². The maximum atomic E-state index is 13.8. The number of halogens is 1. The maximum absolute atomic E-state index is 13.8. The Hall–Kier alpha value is -3.03. The maximum Gasteiger partial charge on any atom is 0.407 e. The van der Waals surface area contributed by atoms with Crippen molar-refractivity contribution in [3.05, 3.63) is 75.0 Å². The Labute approximate surface area is 190 Å². The second-order valence-corrected chi connectivity index (χ2v) is 8.71. The highest BCUT2D eigenvalue weighted by Gasteiger charge is 2.46. The minimum absolute atomic E-state index is 0.167. The number of nitrogens with one attached hydrogen (secondary N) is 1. The number of aliphatic hydroxyl groups is 1. The van der Waals surface area contributed by atoms with Crippen molar-refractivity contribution >= 4 is 28.6 Å². The van der Waals surface area contributed by atoms with Gasteiger partial charge in [0.15, 0.2) is 0 Å². The molecule has 8 heteroatoms. The molecular formula is C24H25ClN2O5. The number of ether oxygens (including phenoxy) is 2. The number of aliphatic hydroxyl groups excluding tert-OH is 1. The Morgan fingerprint density at radius 2 is 1.91 bits per heavy atom. The Bertz CT molecular complexity index is 1220. The summed E-state index contributed by atoms with van der Waals surface area (Å²) in [5.74, 6) is 0.357. The Balaban J connectivity index is 1.94. The number of hydrogen-bond acceptors (Lipinski definition) is 5. The first-order valence-electron chi connectivity index (χ1n) is 10.4. The lowest BCUT2D eigenvalue weighted by atomic mass is 9.86. The van der Waals surface area contributed by atoms with Crippen molar-refractivity contribution in [1.29, 1.82) is 0 Å². The topological polar surface area (TPSA) is 89.8 Å². The lowest BCUT2D eigenvalue weighted by molar-refractivity contribution is -0.0632. The van der Waals surface area contributed by atoms with E-state index in [1.54, 1.807) is 37.5 Å². The fourth-order valence-corrected chi connectivity index (χ4v) is 4.17. The number of hydrogen-bond donors (Lipinski definition) is 2. The van der Waals surface area contributed by atoms with E-state index in [2.05, 4.69) is 5.32 Å². The summed E-state index contributed by atoms with van der Waals surface area (Å²) in [7, 11) is 0. The van der Waals surface area contributed by atoms with E-state index >= 15 is 0 Å². The zero-order valence-corrected chi connectivity index (χ0v) is 18.8. The molecule has 0 radical (unpaired) electrons. The molecule has 0 fully saturated rings. The number of nitrogens with zero attached hydrogens (tertiary/aromatic N) is 1. The molecule has 2 unspecified atom stereocenters. The summed E-state index contributed by atoms with van der Waals surface area (Å²) < 4.78 is 12.8. The molecule has 1 aromatic heterocycles. The van der Waals surface area contributed by atoms with Crippen molar-refractivity contribution < 1.29 is 19.4 Å². The van der Waals surface area contributed by atoms with Gasteiger partial charge in [-0.1, -0.05) is 35.9 Å². The third-order valence-corrected chi connectivity index (χ3v) is 5.92. The van der Waals surface area contributed by atoms with Gasteiger partial charge in [-0.05, 0) is 50.6 Å². The first-order chi connectivity index (χ1) is 15.2. The molecule has 2 N–H and O–H groups in total. The van der Waals surface area contributed by atoms with E-state index in [0.717, 1.165) is 5.56 Å². The van der Waals surface area contributed by atoms with Crippen LogP contribution in [0.2, 0.25) is 5.02 Å². The summed E-state index contributed by atoms with van der Waals surface area (Å²) in [4.78, 5) is 26.0. The highest BCUT2D eigenvalue weighted by atomic mass is 35.5. The molecular weight excluding hydrogens is 432 g/mol.